The number of nitrogens with zero attached hydrogens (tertiary/aromatic N) is 2. The third-order valence-corrected chi connectivity index (χ3v) is 4.27. The molecule has 1 heterocycles. The lowest BCUT2D eigenvalue weighted by Crippen LogP contribution is -2.22. The van der Waals surface area contributed by atoms with Gasteiger partial charge in [-0.25, -0.2) is 0 Å². The lowest BCUT2D eigenvalue weighted by atomic mass is 10.3. The van der Waals surface area contributed by atoms with Gasteiger partial charge in [-0.2, -0.15) is 4.99 Å². The fraction of sp³-hybridized carbons (Fsp3) is 0.308. The molecule has 1 amide bonds. The second kappa shape index (κ2) is 6.28. The van der Waals surface area contributed by atoms with Crippen molar-refractivity contribution < 1.29 is 19.1 Å². The zero-order chi connectivity index (χ0) is 15.6. The maximum absolute atomic E-state index is 11.6. The number of esters is 1. The fourth-order valence-electron chi connectivity index (χ4n) is 1.85. The third kappa shape index (κ3) is 3.08. The molecule has 0 fully saturated rings. The summed E-state index contributed by atoms with van der Waals surface area (Å²) in [5, 5.41) is 0.499. The van der Waals surface area contributed by atoms with Crippen LogP contribution < -0.4 is 9.54 Å². The highest BCUT2D eigenvalue weighted by Gasteiger charge is 2.17. The van der Waals surface area contributed by atoms with Gasteiger partial charge < -0.3 is 14.0 Å². The number of ether oxygens (including phenoxy) is 2. The number of carbonyl (C=O) groups excluding carboxylic acids is 2. The Bertz CT molecular complexity index is 778. The summed E-state index contributed by atoms with van der Waals surface area (Å²) in [6.07, 6.45) is 0. The quantitative estimate of drug-likeness (QED) is 0.808. The maximum atomic E-state index is 11.6. The number of halogens is 1. The van der Waals surface area contributed by atoms with Gasteiger partial charge in [0.1, 0.15) is 17.8 Å². The molecule has 0 bridgehead atoms. The molecular formula is C13H13ClN2O4S. The Kier molecular flexibility index (Phi) is 4.64. The van der Waals surface area contributed by atoms with Gasteiger partial charge in [-0.05, 0) is 12.1 Å². The Morgan fingerprint density at radius 2 is 2.10 bits per heavy atom. The first kappa shape index (κ1) is 15.5. The molecule has 0 aliphatic carbocycles. The summed E-state index contributed by atoms with van der Waals surface area (Å²) in [6, 6.07) is 3.39. The van der Waals surface area contributed by atoms with Crippen molar-refractivity contribution in [2.45, 2.75) is 13.5 Å². The fourth-order valence-corrected chi connectivity index (χ4v) is 3.21. The highest BCUT2D eigenvalue weighted by Crippen LogP contribution is 2.33. The van der Waals surface area contributed by atoms with E-state index in [-0.39, 0.29) is 12.5 Å². The highest BCUT2D eigenvalue weighted by molar-refractivity contribution is 7.17. The van der Waals surface area contributed by atoms with E-state index in [1.165, 1.54) is 32.5 Å². The van der Waals surface area contributed by atoms with Crippen molar-refractivity contribution >= 4 is 45.0 Å². The molecule has 1 aromatic heterocycles. The van der Waals surface area contributed by atoms with Gasteiger partial charge in [0.15, 0.2) is 4.80 Å². The van der Waals surface area contributed by atoms with E-state index in [1.54, 1.807) is 16.7 Å². The molecule has 0 spiro atoms. The molecule has 0 unspecified atom stereocenters. The van der Waals surface area contributed by atoms with E-state index in [4.69, 9.17) is 16.3 Å². The Labute approximate surface area is 129 Å². The molecule has 0 radical (unpaired) electrons. The van der Waals surface area contributed by atoms with E-state index in [0.717, 1.165) is 0 Å². The first-order valence-corrected chi connectivity index (χ1v) is 7.15. The average molecular weight is 329 g/mol. The minimum Gasteiger partial charge on any atom is -0.495 e. The molecule has 2 rings (SSSR count). The summed E-state index contributed by atoms with van der Waals surface area (Å²) < 4.78 is 12.2. The van der Waals surface area contributed by atoms with Crippen molar-refractivity contribution in [2.75, 3.05) is 14.2 Å². The van der Waals surface area contributed by atoms with Crippen LogP contribution in [0.3, 0.4) is 0 Å². The molecule has 1 aromatic carbocycles. The highest BCUT2D eigenvalue weighted by atomic mass is 35.5. The summed E-state index contributed by atoms with van der Waals surface area (Å²) in [5.41, 5.74) is 0.611. The monoisotopic (exact) mass is 328 g/mol. The van der Waals surface area contributed by atoms with Gasteiger partial charge in [-0.1, -0.05) is 22.9 Å². The number of carbonyl (C=O) groups is 2. The van der Waals surface area contributed by atoms with Crippen molar-refractivity contribution in [2.24, 2.45) is 4.99 Å². The minimum absolute atomic E-state index is 0.0840. The Balaban J connectivity index is 2.84. The number of benzene rings is 1. The lowest BCUT2D eigenvalue weighted by molar-refractivity contribution is -0.141. The van der Waals surface area contributed by atoms with Crippen LogP contribution in [0.25, 0.3) is 10.2 Å². The van der Waals surface area contributed by atoms with Crippen molar-refractivity contribution in [3.63, 3.8) is 0 Å². The van der Waals surface area contributed by atoms with Gasteiger partial charge >= 0.3 is 5.97 Å². The average Bonchev–Trinajstić information content (AvgIpc) is 2.78. The molecule has 8 heteroatoms. The number of methoxy groups -OCH3 is 2. The van der Waals surface area contributed by atoms with Crippen LogP contribution in [-0.2, 0) is 20.9 Å². The van der Waals surface area contributed by atoms with Crippen LogP contribution >= 0.6 is 22.9 Å². The molecule has 112 valence electrons. The first-order chi connectivity index (χ1) is 9.97. The van der Waals surface area contributed by atoms with Gasteiger partial charge in [-0.3, -0.25) is 9.59 Å². The minimum atomic E-state index is -0.457. The van der Waals surface area contributed by atoms with Gasteiger partial charge in [0.05, 0.1) is 23.9 Å². The van der Waals surface area contributed by atoms with Crippen LogP contribution in [0.1, 0.15) is 6.92 Å². The molecule has 0 aliphatic rings. The van der Waals surface area contributed by atoms with Crippen molar-refractivity contribution in [3.8, 4) is 5.75 Å². The van der Waals surface area contributed by atoms with E-state index in [0.29, 0.717) is 25.8 Å². The van der Waals surface area contributed by atoms with E-state index in [1.807, 2.05) is 0 Å². The normalized spacial score (nSPS) is 11.7. The van der Waals surface area contributed by atoms with Crippen LogP contribution in [0, 0.1) is 0 Å². The molecule has 21 heavy (non-hydrogen) atoms. The predicted molar refractivity (Wildman–Crippen MR) is 79.6 cm³/mol. The van der Waals surface area contributed by atoms with Crippen LogP contribution in [0.15, 0.2) is 17.1 Å². The van der Waals surface area contributed by atoms with Crippen molar-refractivity contribution in [1.82, 2.24) is 4.57 Å². The molecule has 0 N–H and O–H groups in total. The Morgan fingerprint density at radius 3 is 2.67 bits per heavy atom. The van der Waals surface area contributed by atoms with E-state index < -0.39 is 5.97 Å². The second-order valence-electron chi connectivity index (χ2n) is 4.11. The summed E-state index contributed by atoms with van der Waals surface area (Å²) in [5.74, 6) is -0.281. The Hall–Kier alpha value is -1.86. The van der Waals surface area contributed by atoms with E-state index in [9.17, 15) is 9.59 Å². The first-order valence-electron chi connectivity index (χ1n) is 5.96. The number of hydrogen-bond acceptors (Lipinski definition) is 5. The van der Waals surface area contributed by atoms with E-state index in [2.05, 4.69) is 9.73 Å². The molecular weight excluding hydrogens is 316 g/mol. The van der Waals surface area contributed by atoms with Gasteiger partial charge in [0.25, 0.3) is 0 Å². The molecule has 0 saturated carbocycles. The summed E-state index contributed by atoms with van der Waals surface area (Å²) in [6.45, 7) is 1.25. The number of aromatic nitrogens is 1. The number of fused-ring (bicyclic) bond motifs is 1. The predicted octanol–water partition coefficient (Wildman–Crippen LogP) is 1.98. The maximum Gasteiger partial charge on any atom is 0.325 e. The van der Waals surface area contributed by atoms with Crippen LogP contribution in [0.5, 0.6) is 5.75 Å². The van der Waals surface area contributed by atoms with Gasteiger partial charge in [0, 0.05) is 6.92 Å². The van der Waals surface area contributed by atoms with Crippen molar-refractivity contribution in [1.29, 1.82) is 0 Å². The molecule has 2 aromatic rings. The second-order valence-corrected chi connectivity index (χ2v) is 5.49. The molecule has 6 nitrogen and oxygen atoms in total. The smallest absolute Gasteiger partial charge is 0.325 e. The van der Waals surface area contributed by atoms with Crippen LogP contribution in [-0.4, -0.2) is 30.7 Å². The topological polar surface area (TPSA) is 69.9 Å². The Morgan fingerprint density at radius 1 is 1.38 bits per heavy atom. The lowest BCUT2D eigenvalue weighted by Gasteiger charge is -2.08. The summed E-state index contributed by atoms with van der Waals surface area (Å²) in [7, 11) is 2.81. The molecule has 0 atom stereocenters. The SMILES string of the molecule is COC(=O)Cn1c(=NC(C)=O)sc2c(Cl)ccc(OC)c21. The summed E-state index contributed by atoms with van der Waals surface area (Å²) >= 11 is 7.39. The van der Waals surface area contributed by atoms with Crippen LogP contribution in [0.4, 0.5) is 0 Å². The van der Waals surface area contributed by atoms with Crippen LogP contribution in [0.2, 0.25) is 5.02 Å². The summed E-state index contributed by atoms with van der Waals surface area (Å²) in [4.78, 5) is 27.2. The third-order valence-electron chi connectivity index (χ3n) is 2.73. The standard InChI is InChI=1S/C13H13ClN2O4S/c1-7(17)15-13-16(6-10(18)20-3)11-9(19-2)5-4-8(14)12(11)21-13/h4-5H,6H2,1-3H3. The largest absolute Gasteiger partial charge is 0.495 e. The zero-order valence-corrected chi connectivity index (χ0v) is 13.2. The molecule has 0 aliphatic heterocycles. The van der Waals surface area contributed by atoms with Gasteiger partial charge in [-0.15, -0.1) is 0 Å². The van der Waals surface area contributed by atoms with Crippen molar-refractivity contribution in [3.05, 3.63) is 22.0 Å². The number of thiazole rings is 1. The van der Waals surface area contributed by atoms with E-state index >= 15 is 0 Å². The number of hydrogen-bond donors (Lipinski definition) is 0. The number of rotatable bonds is 3. The zero-order valence-electron chi connectivity index (χ0n) is 11.7. The molecule has 0 saturated heterocycles. The number of amides is 1. The van der Waals surface area contributed by atoms with Gasteiger partial charge in [0.2, 0.25) is 5.91 Å².